The summed E-state index contributed by atoms with van der Waals surface area (Å²) in [5.74, 6) is 0.899. The fourth-order valence-electron chi connectivity index (χ4n) is 1.73. The highest BCUT2D eigenvalue weighted by molar-refractivity contribution is 5.35. The number of hydrogen-bond donors (Lipinski definition) is 2. The van der Waals surface area contributed by atoms with E-state index < -0.39 is 5.60 Å². The van der Waals surface area contributed by atoms with Crippen molar-refractivity contribution in [1.29, 1.82) is 0 Å². The van der Waals surface area contributed by atoms with E-state index in [-0.39, 0.29) is 6.04 Å². The highest BCUT2D eigenvalue weighted by atomic mass is 16.5. The van der Waals surface area contributed by atoms with Gasteiger partial charge in [0.15, 0.2) is 0 Å². The summed E-state index contributed by atoms with van der Waals surface area (Å²) in [6.45, 7) is 6.52. The molecule has 3 heteroatoms. The largest absolute Gasteiger partial charge is 0.496 e. The van der Waals surface area contributed by atoms with Gasteiger partial charge in [-0.05, 0) is 39.8 Å². The topological polar surface area (TPSA) is 41.5 Å². The van der Waals surface area contributed by atoms with E-state index >= 15 is 0 Å². The molecule has 0 aliphatic rings. The predicted molar refractivity (Wildman–Crippen MR) is 70.3 cm³/mol. The minimum absolute atomic E-state index is 0.216. The Morgan fingerprint density at radius 2 is 2.00 bits per heavy atom. The Kier molecular flexibility index (Phi) is 4.97. The first-order valence-electron chi connectivity index (χ1n) is 6.03. The number of benzene rings is 1. The van der Waals surface area contributed by atoms with E-state index in [1.165, 1.54) is 0 Å². The number of nitrogens with one attached hydrogen (secondary N) is 1. The van der Waals surface area contributed by atoms with Crippen molar-refractivity contribution in [2.75, 3.05) is 13.7 Å². The Balaban J connectivity index is 2.55. The van der Waals surface area contributed by atoms with Crippen LogP contribution in [0, 0.1) is 0 Å². The fraction of sp³-hybridized carbons (Fsp3) is 0.571. The molecule has 0 bridgehead atoms. The lowest BCUT2D eigenvalue weighted by molar-refractivity contribution is 0.0705. The second-order valence-electron chi connectivity index (χ2n) is 4.98. The maximum absolute atomic E-state index is 9.64. The summed E-state index contributed by atoms with van der Waals surface area (Å²) in [5, 5.41) is 13.0. The Labute approximate surface area is 104 Å². The third kappa shape index (κ3) is 4.75. The van der Waals surface area contributed by atoms with Gasteiger partial charge >= 0.3 is 0 Å². The number of para-hydroxylation sites is 1. The van der Waals surface area contributed by atoms with Gasteiger partial charge in [0.1, 0.15) is 5.75 Å². The summed E-state index contributed by atoms with van der Waals surface area (Å²) >= 11 is 0. The molecule has 0 unspecified atom stereocenters. The fourth-order valence-corrected chi connectivity index (χ4v) is 1.73. The smallest absolute Gasteiger partial charge is 0.123 e. The Morgan fingerprint density at radius 1 is 1.35 bits per heavy atom. The quantitative estimate of drug-likeness (QED) is 0.798. The number of hydrogen-bond acceptors (Lipinski definition) is 3. The minimum atomic E-state index is -0.618. The highest BCUT2D eigenvalue weighted by Crippen LogP contribution is 2.24. The molecule has 3 nitrogen and oxygen atoms in total. The molecule has 2 N–H and O–H groups in total. The van der Waals surface area contributed by atoms with Crippen LogP contribution in [0.1, 0.15) is 38.8 Å². The molecule has 1 aromatic carbocycles. The monoisotopic (exact) mass is 237 g/mol. The van der Waals surface area contributed by atoms with Crippen molar-refractivity contribution in [2.24, 2.45) is 0 Å². The molecule has 1 atom stereocenters. The van der Waals surface area contributed by atoms with Crippen LogP contribution in [0.2, 0.25) is 0 Å². The molecule has 17 heavy (non-hydrogen) atoms. The van der Waals surface area contributed by atoms with E-state index in [1.807, 2.05) is 32.0 Å². The van der Waals surface area contributed by atoms with Gasteiger partial charge in [0.05, 0.1) is 12.7 Å². The summed E-state index contributed by atoms with van der Waals surface area (Å²) in [4.78, 5) is 0. The second-order valence-corrected chi connectivity index (χ2v) is 4.98. The zero-order chi connectivity index (χ0) is 12.9. The molecule has 0 saturated carbocycles. The Hall–Kier alpha value is -1.06. The maximum atomic E-state index is 9.64. The van der Waals surface area contributed by atoms with E-state index in [9.17, 15) is 5.11 Å². The van der Waals surface area contributed by atoms with Gasteiger partial charge in [0.25, 0.3) is 0 Å². The van der Waals surface area contributed by atoms with Crippen LogP contribution in [-0.2, 0) is 0 Å². The van der Waals surface area contributed by atoms with Crippen molar-refractivity contribution >= 4 is 0 Å². The number of methoxy groups -OCH3 is 1. The van der Waals surface area contributed by atoms with Gasteiger partial charge in [0, 0.05) is 11.6 Å². The molecule has 0 aliphatic heterocycles. The molecule has 0 saturated heterocycles. The molecular formula is C14H23NO2. The van der Waals surface area contributed by atoms with Gasteiger partial charge in [-0.25, -0.2) is 0 Å². The van der Waals surface area contributed by atoms with Crippen molar-refractivity contribution in [3.05, 3.63) is 29.8 Å². The van der Waals surface area contributed by atoms with E-state index in [0.29, 0.717) is 0 Å². The summed E-state index contributed by atoms with van der Waals surface area (Å²) in [6.07, 6.45) is 0.729. The van der Waals surface area contributed by atoms with Gasteiger partial charge in [-0.1, -0.05) is 18.2 Å². The third-order valence-electron chi connectivity index (χ3n) is 2.79. The molecule has 96 valence electrons. The summed E-state index contributed by atoms with van der Waals surface area (Å²) in [6, 6.07) is 8.20. The molecule has 0 fully saturated rings. The maximum Gasteiger partial charge on any atom is 0.123 e. The number of ether oxygens (including phenoxy) is 1. The van der Waals surface area contributed by atoms with Gasteiger partial charge in [0.2, 0.25) is 0 Å². The SMILES string of the molecule is COc1ccccc1[C@H](C)NCCC(C)(C)O. The van der Waals surface area contributed by atoms with E-state index in [0.717, 1.165) is 24.3 Å². The van der Waals surface area contributed by atoms with Crippen molar-refractivity contribution in [3.63, 3.8) is 0 Å². The lowest BCUT2D eigenvalue weighted by Crippen LogP contribution is -2.28. The predicted octanol–water partition coefficient (Wildman–Crippen LogP) is 2.51. The molecular weight excluding hydrogens is 214 g/mol. The zero-order valence-electron chi connectivity index (χ0n) is 11.2. The highest BCUT2D eigenvalue weighted by Gasteiger charge is 2.14. The molecule has 0 heterocycles. The third-order valence-corrected chi connectivity index (χ3v) is 2.79. The molecule has 1 aromatic rings. The summed E-state index contributed by atoms with van der Waals surface area (Å²) in [7, 11) is 1.68. The van der Waals surface area contributed by atoms with Crippen LogP contribution in [0.3, 0.4) is 0 Å². The molecule has 0 aliphatic carbocycles. The minimum Gasteiger partial charge on any atom is -0.496 e. The van der Waals surface area contributed by atoms with E-state index in [1.54, 1.807) is 7.11 Å². The first-order valence-corrected chi connectivity index (χ1v) is 6.03. The first-order chi connectivity index (χ1) is 7.94. The van der Waals surface area contributed by atoms with Crippen LogP contribution in [0.5, 0.6) is 5.75 Å². The molecule has 0 amide bonds. The molecule has 1 rings (SSSR count). The first kappa shape index (κ1) is 14.0. The van der Waals surface area contributed by atoms with Gasteiger partial charge in [-0.3, -0.25) is 0 Å². The van der Waals surface area contributed by atoms with Crippen LogP contribution < -0.4 is 10.1 Å². The average molecular weight is 237 g/mol. The van der Waals surface area contributed by atoms with Crippen LogP contribution >= 0.6 is 0 Å². The molecule has 0 spiro atoms. The zero-order valence-corrected chi connectivity index (χ0v) is 11.2. The normalized spacial score (nSPS) is 13.5. The Morgan fingerprint density at radius 3 is 2.59 bits per heavy atom. The molecule has 0 radical (unpaired) electrons. The van der Waals surface area contributed by atoms with Gasteiger partial charge < -0.3 is 15.2 Å². The van der Waals surface area contributed by atoms with Crippen LogP contribution in [-0.4, -0.2) is 24.4 Å². The van der Waals surface area contributed by atoms with Gasteiger partial charge in [-0.2, -0.15) is 0 Å². The number of rotatable bonds is 6. The lowest BCUT2D eigenvalue weighted by Gasteiger charge is -2.21. The van der Waals surface area contributed by atoms with Gasteiger partial charge in [-0.15, -0.1) is 0 Å². The van der Waals surface area contributed by atoms with Crippen molar-refractivity contribution in [3.8, 4) is 5.75 Å². The summed E-state index contributed by atoms with van der Waals surface area (Å²) < 4.78 is 5.32. The lowest BCUT2D eigenvalue weighted by atomic mass is 10.0. The van der Waals surface area contributed by atoms with E-state index in [4.69, 9.17) is 4.74 Å². The average Bonchev–Trinajstić information content (AvgIpc) is 2.27. The van der Waals surface area contributed by atoms with Crippen LogP contribution in [0.15, 0.2) is 24.3 Å². The van der Waals surface area contributed by atoms with Crippen LogP contribution in [0.25, 0.3) is 0 Å². The second kappa shape index (κ2) is 6.03. The van der Waals surface area contributed by atoms with Crippen molar-refractivity contribution in [2.45, 2.75) is 38.8 Å². The van der Waals surface area contributed by atoms with Crippen LogP contribution in [0.4, 0.5) is 0 Å². The van der Waals surface area contributed by atoms with Crippen molar-refractivity contribution < 1.29 is 9.84 Å². The number of aliphatic hydroxyl groups is 1. The Bertz CT molecular complexity index is 344. The van der Waals surface area contributed by atoms with Crippen molar-refractivity contribution in [1.82, 2.24) is 5.32 Å². The standard InChI is InChI=1S/C14H23NO2/c1-11(15-10-9-14(2,3)16)12-7-5-6-8-13(12)17-4/h5-8,11,15-16H,9-10H2,1-4H3/t11-/m0/s1. The summed E-state index contributed by atoms with van der Waals surface area (Å²) in [5.41, 5.74) is 0.527. The van der Waals surface area contributed by atoms with E-state index in [2.05, 4.69) is 18.3 Å². The molecule has 0 aromatic heterocycles.